The summed E-state index contributed by atoms with van der Waals surface area (Å²) in [7, 11) is 0. The molecule has 0 saturated carbocycles. The lowest BCUT2D eigenvalue weighted by molar-refractivity contribution is -0.116. The smallest absolute Gasteiger partial charge is 0.224 e. The van der Waals surface area contributed by atoms with Crippen molar-refractivity contribution in [2.75, 3.05) is 11.9 Å². The van der Waals surface area contributed by atoms with Gasteiger partial charge in [-0.2, -0.15) is 0 Å². The second kappa shape index (κ2) is 6.50. The summed E-state index contributed by atoms with van der Waals surface area (Å²) >= 11 is 0. The quantitative estimate of drug-likeness (QED) is 0.904. The highest BCUT2D eigenvalue weighted by Gasteiger charge is 2.13. The van der Waals surface area contributed by atoms with Crippen LogP contribution in [0.25, 0.3) is 0 Å². The zero-order chi connectivity index (χ0) is 14.5. The van der Waals surface area contributed by atoms with E-state index < -0.39 is 0 Å². The summed E-state index contributed by atoms with van der Waals surface area (Å²) in [6.45, 7) is 1.85. The predicted molar refractivity (Wildman–Crippen MR) is 83.0 cm³/mol. The molecule has 2 heterocycles. The molecule has 1 amide bonds. The number of hydrogen-bond donors (Lipinski definition) is 2. The van der Waals surface area contributed by atoms with Crippen molar-refractivity contribution in [1.82, 2.24) is 10.3 Å². The average Bonchev–Trinajstić information content (AvgIpc) is 2.54. The van der Waals surface area contributed by atoms with E-state index in [1.54, 1.807) is 6.20 Å². The van der Waals surface area contributed by atoms with Crippen LogP contribution in [-0.4, -0.2) is 17.4 Å². The second-order valence-corrected chi connectivity index (χ2v) is 5.28. The Morgan fingerprint density at radius 3 is 3.10 bits per heavy atom. The molecule has 21 heavy (non-hydrogen) atoms. The molecule has 4 nitrogen and oxygen atoms in total. The van der Waals surface area contributed by atoms with Gasteiger partial charge in [0.1, 0.15) is 0 Å². The Balaban J connectivity index is 1.63. The van der Waals surface area contributed by atoms with Crippen LogP contribution in [-0.2, 0) is 24.2 Å². The Bertz CT molecular complexity index is 625. The lowest BCUT2D eigenvalue weighted by Gasteiger charge is -2.20. The Kier molecular flexibility index (Phi) is 4.26. The molecule has 0 unspecified atom stereocenters. The highest BCUT2D eigenvalue weighted by atomic mass is 16.1. The van der Waals surface area contributed by atoms with Crippen LogP contribution in [0.4, 0.5) is 5.69 Å². The predicted octanol–water partition coefficient (Wildman–Crippen LogP) is 2.30. The standard InChI is InChI=1S/C17H19N3O/c21-17(7-6-13-3-2-9-18-11-13)20-16-5-1-4-14-12-19-10-8-15(14)16/h1-5,9,11,19H,6-8,10,12H2,(H,20,21). The summed E-state index contributed by atoms with van der Waals surface area (Å²) in [4.78, 5) is 16.2. The summed E-state index contributed by atoms with van der Waals surface area (Å²) in [5.41, 5.74) is 4.61. The molecule has 0 saturated heterocycles. The van der Waals surface area contributed by atoms with Crippen LogP contribution < -0.4 is 10.6 Å². The molecule has 0 spiro atoms. The van der Waals surface area contributed by atoms with Gasteiger partial charge < -0.3 is 10.6 Å². The number of anilines is 1. The van der Waals surface area contributed by atoms with E-state index in [4.69, 9.17) is 0 Å². The molecular formula is C17H19N3O. The highest BCUT2D eigenvalue weighted by molar-refractivity contribution is 5.91. The maximum absolute atomic E-state index is 12.1. The Morgan fingerprint density at radius 2 is 2.24 bits per heavy atom. The molecule has 1 aromatic heterocycles. The number of rotatable bonds is 4. The molecule has 0 radical (unpaired) electrons. The third-order valence-corrected chi connectivity index (χ3v) is 3.78. The van der Waals surface area contributed by atoms with Crippen molar-refractivity contribution < 1.29 is 4.79 Å². The van der Waals surface area contributed by atoms with Crippen LogP contribution in [0, 0.1) is 0 Å². The number of aromatic nitrogens is 1. The highest BCUT2D eigenvalue weighted by Crippen LogP contribution is 2.23. The maximum Gasteiger partial charge on any atom is 0.224 e. The van der Waals surface area contributed by atoms with Gasteiger partial charge in [-0.05, 0) is 48.2 Å². The van der Waals surface area contributed by atoms with Crippen LogP contribution in [0.2, 0.25) is 0 Å². The van der Waals surface area contributed by atoms with E-state index in [-0.39, 0.29) is 5.91 Å². The van der Waals surface area contributed by atoms with E-state index in [0.717, 1.165) is 37.2 Å². The molecule has 2 aromatic rings. The van der Waals surface area contributed by atoms with Gasteiger partial charge in [0.25, 0.3) is 0 Å². The van der Waals surface area contributed by atoms with E-state index in [9.17, 15) is 4.79 Å². The largest absolute Gasteiger partial charge is 0.326 e. The number of aryl methyl sites for hydroxylation is 1. The van der Waals surface area contributed by atoms with E-state index in [2.05, 4.69) is 21.7 Å². The zero-order valence-corrected chi connectivity index (χ0v) is 11.9. The molecule has 1 aliphatic rings. The van der Waals surface area contributed by atoms with E-state index in [1.807, 2.05) is 30.5 Å². The topological polar surface area (TPSA) is 54.0 Å². The fourth-order valence-corrected chi connectivity index (χ4v) is 2.67. The normalized spacial score (nSPS) is 13.5. The zero-order valence-electron chi connectivity index (χ0n) is 11.9. The molecule has 108 valence electrons. The van der Waals surface area contributed by atoms with Crippen molar-refractivity contribution in [3.8, 4) is 0 Å². The fourth-order valence-electron chi connectivity index (χ4n) is 2.67. The second-order valence-electron chi connectivity index (χ2n) is 5.28. The van der Waals surface area contributed by atoms with Crippen LogP contribution in [0.15, 0.2) is 42.7 Å². The third-order valence-electron chi connectivity index (χ3n) is 3.78. The van der Waals surface area contributed by atoms with Crippen molar-refractivity contribution in [3.63, 3.8) is 0 Å². The first kappa shape index (κ1) is 13.8. The van der Waals surface area contributed by atoms with Gasteiger partial charge in [-0.25, -0.2) is 0 Å². The average molecular weight is 281 g/mol. The maximum atomic E-state index is 12.1. The van der Waals surface area contributed by atoms with Crippen LogP contribution in [0.5, 0.6) is 0 Å². The van der Waals surface area contributed by atoms with Gasteiger partial charge in [-0.15, -0.1) is 0 Å². The number of benzene rings is 1. The number of carbonyl (C=O) groups is 1. The van der Waals surface area contributed by atoms with E-state index in [0.29, 0.717) is 6.42 Å². The number of fused-ring (bicyclic) bond motifs is 1. The van der Waals surface area contributed by atoms with E-state index >= 15 is 0 Å². The van der Waals surface area contributed by atoms with Crippen molar-refractivity contribution in [2.45, 2.75) is 25.8 Å². The number of hydrogen-bond acceptors (Lipinski definition) is 3. The van der Waals surface area contributed by atoms with E-state index in [1.165, 1.54) is 11.1 Å². The number of amides is 1. The SMILES string of the molecule is O=C(CCc1cccnc1)Nc1cccc2c1CCNC2. The van der Waals surface area contributed by atoms with Gasteiger partial charge in [0.2, 0.25) is 5.91 Å². The minimum Gasteiger partial charge on any atom is -0.326 e. The van der Waals surface area contributed by atoms with Crippen LogP contribution in [0.1, 0.15) is 23.1 Å². The lowest BCUT2D eigenvalue weighted by atomic mass is 9.99. The molecule has 0 fully saturated rings. The Labute approximate surface area is 124 Å². The number of nitrogens with one attached hydrogen (secondary N) is 2. The van der Waals surface area contributed by atoms with Crippen molar-refractivity contribution >= 4 is 11.6 Å². The van der Waals surface area contributed by atoms with Gasteiger partial charge in [0.15, 0.2) is 0 Å². The molecule has 3 rings (SSSR count). The monoisotopic (exact) mass is 281 g/mol. The summed E-state index contributed by atoms with van der Waals surface area (Å²) in [6.07, 6.45) is 5.72. The van der Waals surface area contributed by atoms with Crippen LogP contribution >= 0.6 is 0 Å². The van der Waals surface area contributed by atoms with Crippen molar-refractivity contribution in [2.24, 2.45) is 0 Å². The number of carbonyl (C=O) groups excluding carboxylic acids is 1. The molecule has 0 aliphatic carbocycles. The summed E-state index contributed by atoms with van der Waals surface area (Å²) in [6, 6.07) is 10.0. The fraction of sp³-hybridized carbons (Fsp3) is 0.294. The molecule has 2 N–H and O–H groups in total. The molecule has 1 aromatic carbocycles. The molecule has 0 atom stereocenters. The number of pyridine rings is 1. The summed E-state index contributed by atoms with van der Waals surface area (Å²) < 4.78 is 0. The number of nitrogens with zero attached hydrogens (tertiary/aromatic N) is 1. The molecular weight excluding hydrogens is 262 g/mol. The van der Waals surface area contributed by atoms with Crippen molar-refractivity contribution in [3.05, 3.63) is 59.4 Å². The first-order valence-corrected chi connectivity index (χ1v) is 7.33. The molecule has 0 bridgehead atoms. The van der Waals surface area contributed by atoms with Gasteiger partial charge in [-0.1, -0.05) is 18.2 Å². The van der Waals surface area contributed by atoms with Gasteiger partial charge >= 0.3 is 0 Å². The lowest BCUT2D eigenvalue weighted by Crippen LogP contribution is -2.25. The summed E-state index contributed by atoms with van der Waals surface area (Å²) in [5, 5.41) is 6.40. The van der Waals surface area contributed by atoms with Gasteiger partial charge in [-0.3, -0.25) is 9.78 Å². The molecule has 4 heteroatoms. The minimum atomic E-state index is 0.0609. The minimum absolute atomic E-state index is 0.0609. The Morgan fingerprint density at radius 1 is 1.29 bits per heavy atom. The van der Waals surface area contributed by atoms with Gasteiger partial charge in [0.05, 0.1) is 0 Å². The Hall–Kier alpha value is -2.20. The summed E-state index contributed by atoms with van der Waals surface area (Å²) in [5.74, 6) is 0.0609. The third kappa shape index (κ3) is 3.47. The first-order chi connectivity index (χ1) is 10.3. The van der Waals surface area contributed by atoms with Crippen LogP contribution in [0.3, 0.4) is 0 Å². The van der Waals surface area contributed by atoms with Gasteiger partial charge in [0, 0.05) is 31.0 Å². The molecule has 1 aliphatic heterocycles. The first-order valence-electron chi connectivity index (χ1n) is 7.33. The van der Waals surface area contributed by atoms with Crippen molar-refractivity contribution in [1.29, 1.82) is 0 Å².